The predicted octanol–water partition coefficient (Wildman–Crippen LogP) is 3.97. The maximum absolute atomic E-state index is 13.4. The lowest BCUT2D eigenvalue weighted by molar-refractivity contribution is -0.123. The summed E-state index contributed by atoms with van der Waals surface area (Å²) in [7, 11) is 0. The van der Waals surface area contributed by atoms with E-state index in [9.17, 15) is 9.18 Å². The van der Waals surface area contributed by atoms with Crippen LogP contribution in [0.5, 0.6) is 0 Å². The van der Waals surface area contributed by atoms with E-state index in [1.54, 1.807) is 6.07 Å². The van der Waals surface area contributed by atoms with Crippen LogP contribution in [0.3, 0.4) is 0 Å². The predicted molar refractivity (Wildman–Crippen MR) is 129 cm³/mol. The number of hydrogen-bond donors (Lipinski definition) is 1. The molecule has 1 aliphatic carbocycles. The minimum absolute atomic E-state index is 0.234. The van der Waals surface area contributed by atoms with Crippen LogP contribution in [0.15, 0.2) is 22.7 Å². The zero-order valence-electron chi connectivity index (χ0n) is 20.0. The molecule has 2 aromatic rings. The van der Waals surface area contributed by atoms with E-state index in [0.29, 0.717) is 24.0 Å². The third-order valence-corrected chi connectivity index (χ3v) is 7.97. The second-order valence-electron chi connectivity index (χ2n) is 10.3. The fourth-order valence-electron chi connectivity index (χ4n) is 5.77. The first-order chi connectivity index (χ1) is 16.6. The number of aromatic nitrogens is 1. The number of fused-ring (bicyclic) bond motifs is 1. The van der Waals surface area contributed by atoms with E-state index in [2.05, 4.69) is 20.3 Å². The minimum Gasteiger partial charge on any atom is -0.381 e. The van der Waals surface area contributed by atoms with Crippen molar-refractivity contribution in [2.75, 3.05) is 50.8 Å². The van der Waals surface area contributed by atoms with E-state index >= 15 is 0 Å². The van der Waals surface area contributed by atoms with E-state index in [-0.39, 0.29) is 11.7 Å². The standard InChI is InChI=1S/C26H37FN4O3/c27-21-3-6-23-24(18-21)34-29-26(23)31-13-11-30(12-14-31)10-7-19-1-4-22(5-2-19)28-25(32)17-20-8-15-33-16-9-20/h3,6,18-20,22H,1-2,4-5,7-17H2,(H,28,32). The number of benzene rings is 1. The van der Waals surface area contributed by atoms with Crippen LogP contribution in [0.1, 0.15) is 51.4 Å². The molecule has 1 N–H and O–H groups in total. The van der Waals surface area contributed by atoms with Crippen LogP contribution in [-0.4, -0.2) is 67.9 Å². The molecule has 1 aromatic carbocycles. The Labute approximate surface area is 201 Å². The molecule has 1 saturated carbocycles. The Morgan fingerprint density at radius 2 is 1.79 bits per heavy atom. The number of nitrogens with zero attached hydrogens (tertiary/aromatic N) is 3. The number of piperazine rings is 1. The number of anilines is 1. The van der Waals surface area contributed by atoms with Gasteiger partial charge in [-0.1, -0.05) is 5.16 Å². The second-order valence-corrected chi connectivity index (χ2v) is 10.3. The molecule has 186 valence electrons. The normalized spacial score (nSPS) is 25.0. The highest BCUT2D eigenvalue weighted by atomic mass is 19.1. The Hall–Kier alpha value is -2.19. The van der Waals surface area contributed by atoms with Gasteiger partial charge in [0, 0.05) is 57.9 Å². The zero-order chi connectivity index (χ0) is 23.3. The summed E-state index contributed by atoms with van der Waals surface area (Å²) in [6.07, 6.45) is 8.57. The van der Waals surface area contributed by atoms with Gasteiger partial charge in [0.15, 0.2) is 11.4 Å². The van der Waals surface area contributed by atoms with Crippen LogP contribution in [-0.2, 0) is 9.53 Å². The smallest absolute Gasteiger partial charge is 0.220 e. The van der Waals surface area contributed by atoms with Crippen molar-refractivity contribution in [1.82, 2.24) is 15.4 Å². The zero-order valence-corrected chi connectivity index (χ0v) is 20.0. The van der Waals surface area contributed by atoms with Crippen molar-refractivity contribution in [3.8, 4) is 0 Å². The van der Waals surface area contributed by atoms with Gasteiger partial charge in [0.05, 0.1) is 5.39 Å². The lowest BCUT2D eigenvalue weighted by Crippen LogP contribution is -2.47. The van der Waals surface area contributed by atoms with Gasteiger partial charge in [-0.2, -0.15) is 0 Å². The maximum Gasteiger partial charge on any atom is 0.220 e. The van der Waals surface area contributed by atoms with E-state index in [0.717, 1.165) is 88.7 Å². The molecule has 5 rings (SSSR count). The molecule has 34 heavy (non-hydrogen) atoms. The molecule has 1 amide bonds. The summed E-state index contributed by atoms with van der Waals surface area (Å²) in [5.74, 6) is 2.02. The summed E-state index contributed by atoms with van der Waals surface area (Å²) in [5.41, 5.74) is 0.507. The Kier molecular flexibility index (Phi) is 7.64. The number of nitrogens with one attached hydrogen (secondary N) is 1. The van der Waals surface area contributed by atoms with E-state index < -0.39 is 0 Å². The third kappa shape index (κ3) is 5.89. The highest BCUT2D eigenvalue weighted by molar-refractivity contribution is 5.88. The third-order valence-electron chi connectivity index (χ3n) is 7.97. The van der Waals surface area contributed by atoms with Gasteiger partial charge in [-0.05, 0) is 75.5 Å². The summed E-state index contributed by atoms with van der Waals surface area (Å²) in [5, 5.41) is 8.37. The lowest BCUT2D eigenvalue weighted by atomic mass is 9.83. The first kappa shape index (κ1) is 23.5. The van der Waals surface area contributed by atoms with Crippen LogP contribution in [0, 0.1) is 17.7 Å². The van der Waals surface area contributed by atoms with Gasteiger partial charge >= 0.3 is 0 Å². The highest BCUT2D eigenvalue weighted by Crippen LogP contribution is 2.29. The van der Waals surface area contributed by atoms with E-state index in [1.165, 1.54) is 31.4 Å². The summed E-state index contributed by atoms with van der Waals surface area (Å²) < 4.78 is 24.1. The molecule has 8 heteroatoms. The van der Waals surface area contributed by atoms with Crippen molar-refractivity contribution < 1.29 is 18.4 Å². The van der Waals surface area contributed by atoms with Crippen molar-refractivity contribution in [2.24, 2.45) is 11.8 Å². The molecule has 7 nitrogen and oxygen atoms in total. The van der Waals surface area contributed by atoms with Gasteiger partial charge < -0.3 is 19.5 Å². The van der Waals surface area contributed by atoms with Crippen molar-refractivity contribution in [3.63, 3.8) is 0 Å². The van der Waals surface area contributed by atoms with Crippen molar-refractivity contribution in [1.29, 1.82) is 0 Å². The molecule has 0 bridgehead atoms. The van der Waals surface area contributed by atoms with E-state index in [4.69, 9.17) is 9.26 Å². The van der Waals surface area contributed by atoms with Gasteiger partial charge in [0.25, 0.3) is 0 Å². The van der Waals surface area contributed by atoms with Crippen molar-refractivity contribution in [2.45, 2.75) is 57.4 Å². The van der Waals surface area contributed by atoms with Gasteiger partial charge in [0.2, 0.25) is 5.91 Å². The molecule has 2 saturated heterocycles. The summed E-state index contributed by atoms with van der Waals surface area (Å²) in [6, 6.07) is 4.98. The van der Waals surface area contributed by atoms with Gasteiger partial charge in [-0.3, -0.25) is 9.69 Å². The number of carbonyl (C=O) groups excluding carboxylic acids is 1. The number of ether oxygens (including phenoxy) is 1. The van der Waals surface area contributed by atoms with E-state index in [1.807, 2.05) is 0 Å². The molecule has 0 unspecified atom stereocenters. The Bertz CT molecular complexity index is 945. The summed E-state index contributed by atoms with van der Waals surface area (Å²) in [4.78, 5) is 17.2. The first-order valence-electron chi connectivity index (χ1n) is 13.0. The first-order valence-corrected chi connectivity index (χ1v) is 13.0. The summed E-state index contributed by atoms with van der Waals surface area (Å²) in [6.45, 7) is 6.56. The molecule has 0 radical (unpaired) electrons. The van der Waals surface area contributed by atoms with Crippen LogP contribution >= 0.6 is 0 Å². The molecular formula is C26H37FN4O3. The molecule has 0 atom stereocenters. The van der Waals surface area contributed by atoms with Gasteiger partial charge in [0.1, 0.15) is 5.82 Å². The number of halogens is 1. The van der Waals surface area contributed by atoms with Crippen LogP contribution < -0.4 is 10.2 Å². The number of amides is 1. The topological polar surface area (TPSA) is 70.8 Å². The maximum atomic E-state index is 13.4. The quantitative estimate of drug-likeness (QED) is 0.658. The molecular weight excluding hydrogens is 435 g/mol. The van der Waals surface area contributed by atoms with Crippen LogP contribution in [0.4, 0.5) is 10.2 Å². The Morgan fingerprint density at radius 1 is 1.03 bits per heavy atom. The molecule has 3 fully saturated rings. The average molecular weight is 473 g/mol. The molecule has 3 aliphatic rings. The van der Waals surface area contributed by atoms with Crippen molar-refractivity contribution in [3.05, 3.63) is 24.0 Å². The Morgan fingerprint density at radius 3 is 2.56 bits per heavy atom. The van der Waals surface area contributed by atoms with Crippen LogP contribution in [0.25, 0.3) is 11.0 Å². The van der Waals surface area contributed by atoms with Gasteiger partial charge in [-0.25, -0.2) is 4.39 Å². The summed E-state index contributed by atoms with van der Waals surface area (Å²) >= 11 is 0. The minimum atomic E-state index is -0.300. The van der Waals surface area contributed by atoms with Crippen LogP contribution in [0.2, 0.25) is 0 Å². The molecule has 2 aliphatic heterocycles. The van der Waals surface area contributed by atoms with Gasteiger partial charge in [-0.15, -0.1) is 0 Å². The molecule has 1 aromatic heterocycles. The average Bonchev–Trinajstić information content (AvgIpc) is 3.27. The number of rotatable bonds is 7. The monoisotopic (exact) mass is 472 g/mol. The fourth-order valence-corrected chi connectivity index (χ4v) is 5.77. The van der Waals surface area contributed by atoms with Crippen molar-refractivity contribution >= 4 is 22.7 Å². The number of carbonyl (C=O) groups is 1. The Balaban J connectivity index is 0.992. The lowest BCUT2D eigenvalue weighted by Gasteiger charge is -2.36. The number of hydrogen-bond acceptors (Lipinski definition) is 6. The SMILES string of the molecule is O=C(CC1CCOCC1)NC1CCC(CCN2CCN(c3noc4cc(F)ccc34)CC2)CC1. The fraction of sp³-hybridized carbons (Fsp3) is 0.692. The second kappa shape index (κ2) is 11.0. The highest BCUT2D eigenvalue weighted by Gasteiger charge is 2.26. The largest absolute Gasteiger partial charge is 0.381 e. The molecule has 0 spiro atoms. The molecule has 3 heterocycles.